The molecule has 0 aliphatic carbocycles. The Labute approximate surface area is 187 Å². The van der Waals surface area contributed by atoms with Crippen LogP contribution in [0.1, 0.15) is 70.4 Å². The smallest absolute Gasteiger partial charge is 0.191 e. The van der Waals surface area contributed by atoms with Crippen molar-refractivity contribution in [3.8, 4) is 0 Å². The Bertz CT molecular complexity index is 577. The summed E-state index contributed by atoms with van der Waals surface area (Å²) in [5.41, 5.74) is 0. The molecule has 0 aromatic carbocycles. The van der Waals surface area contributed by atoms with Gasteiger partial charge in [0, 0.05) is 33.2 Å². The third-order valence-corrected chi connectivity index (χ3v) is 5.16. The van der Waals surface area contributed by atoms with E-state index in [1.54, 1.807) is 7.11 Å². The first-order chi connectivity index (χ1) is 13.2. The fourth-order valence-electron chi connectivity index (χ4n) is 3.53. The zero-order valence-electron chi connectivity index (χ0n) is 18.0. The van der Waals surface area contributed by atoms with Crippen LogP contribution in [-0.4, -0.2) is 47.5 Å². The molecule has 1 aromatic rings. The summed E-state index contributed by atoms with van der Waals surface area (Å²) >= 11 is 0. The predicted octanol–water partition coefficient (Wildman–Crippen LogP) is 3.52. The molecule has 0 amide bonds. The van der Waals surface area contributed by atoms with Crippen molar-refractivity contribution in [3.63, 3.8) is 0 Å². The highest BCUT2D eigenvalue weighted by atomic mass is 127. The van der Waals surface area contributed by atoms with Crippen LogP contribution in [0.25, 0.3) is 0 Å². The Balaban J connectivity index is 0.00000392. The minimum absolute atomic E-state index is 0. The molecule has 1 aliphatic heterocycles. The summed E-state index contributed by atoms with van der Waals surface area (Å²) in [6, 6.07) is 0.324. The number of methoxy groups -OCH3 is 1. The Morgan fingerprint density at radius 2 is 2.11 bits per heavy atom. The maximum Gasteiger partial charge on any atom is 0.191 e. The van der Waals surface area contributed by atoms with Crippen LogP contribution in [0.2, 0.25) is 0 Å². The molecule has 0 bridgehead atoms. The summed E-state index contributed by atoms with van der Waals surface area (Å²) in [5.74, 6) is 3.37. The average Bonchev–Trinajstić information content (AvgIpc) is 3.06. The fourth-order valence-corrected chi connectivity index (χ4v) is 3.53. The van der Waals surface area contributed by atoms with E-state index in [0.29, 0.717) is 18.6 Å². The van der Waals surface area contributed by atoms with Crippen molar-refractivity contribution in [3.05, 3.63) is 11.6 Å². The van der Waals surface area contributed by atoms with Crippen molar-refractivity contribution in [1.82, 2.24) is 25.4 Å². The van der Waals surface area contributed by atoms with Crippen LogP contribution in [-0.2, 0) is 24.3 Å². The number of fused-ring (bicyclic) bond motifs is 1. The van der Waals surface area contributed by atoms with Gasteiger partial charge in [0.1, 0.15) is 12.4 Å². The molecule has 1 aromatic heterocycles. The van der Waals surface area contributed by atoms with E-state index in [4.69, 9.17) is 4.74 Å². The zero-order valence-corrected chi connectivity index (χ0v) is 20.4. The second-order valence-corrected chi connectivity index (χ2v) is 7.70. The predicted molar refractivity (Wildman–Crippen MR) is 125 cm³/mol. The van der Waals surface area contributed by atoms with Crippen LogP contribution < -0.4 is 10.6 Å². The van der Waals surface area contributed by atoms with E-state index in [-0.39, 0.29) is 24.0 Å². The molecule has 0 spiro atoms. The maximum atomic E-state index is 5.13. The number of guanidine groups is 1. The largest absolute Gasteiger partial charge is 0.377 e. The lowest BCUT2D eigenvalue weighted by Crippen LogP contribution is -2.47. The summed E-state index contributed by atoms with van der Waals surface area (Å²) in [7, 11) is 3.51. The minimum atomic E-state index is 0. The Morgan fingerprint density at radius 3 is 2.82 bits per heavy atom. The van der Waals surface area contributed by atoms with Crippen molar-refractivity contribution in [2.75, 3.05) is 20.7 Å². The van der Waals surface area contributed by atoms with Gasteiger partial charge in [0.05, 0.1) is 6.54 Å². The molecule has 2 rings (SSSR count). The van der Waals surface area contributed by atoms with Gasteiger partial charge in [0.15, 0.2) is 11.8 Å². The third-order valence-electron chi connectivity index (χ3n) is 5.16. The number of nitrogens with zero attached hydrogens (tertiary/aromatic N) is 4. The number of aliphatic imine (C=N–C) groups is 1. The fraction of sp³-hybridized carbons (Fsp3) is 0.850. The molecule has 2 N–H and O–H groups in total. The van der Waals surface area contributed by atoms with E-state index in [1.165, 1.54) is 38.5 Å². The topological polar surface area (TPSA) is 76.4 Å². The third kappa shape index (κ3) is 8.63. The number of hydrogen-bond acceptors (Lipinski definition) is 4. The first kappa shape index (κ1) is 25.1. The van der Waals surface area contributed by atoms with E-state index in [0.717, 1.165) is 43.5 Å². The molecule has 8 heteroatoms. The lowest BCUT2D eigenvalue weighted by Gasteiger charge is -2.26. The second-order valence-electron chi connectivity index (χ2n) is 7.70. The van der Waals surface area contributed by atoms with Gasteiger partial charge in [-0.05, 0) is 18.8 Å². The van der Waals surface area contributed by atoms with Crippen LogP contribution >= 0.6 is 24.0 Å². The molecule has 28 heavy (non-hydrogen) atoms. The molecule has 162 valence electrons. The van der Waals surface area contributed by atoms with Gasteiger partial charge >= 0.3 is 0 Å². The van der Waals surface area contributed by atoms with Gasteiger partial charge in [0.2, 0.25) is 0 Å². The Morgan fingerprint density at radius 1 is 1.32 bits per heavy atom. The molecule has 0 radical (unpaired) electrons. The number of nitrogens with one attached hydrogen (secondary N) is 2. The first-order valence-electron chi connectivity index (χ1n) is 10.5. The quantitative estimate of drug-likeness (QED) is 0.208. The van der Waals surface area contributed by atoms with Crippen LogP contribution in [0.5, 0.6) is 0 Å². The molecule has 7 nitrogen and oxygen atoms in total. The zero-order chi connectivity index (χ0) is 19.5. The number of ether oxygens (including phenoxy) is 1. The lowest BCUT2D eigenvalue weighted by atomic mass is 10.0. The maximum absolute atomic E-state index is 5.13. The summed E-state index contributed by atoms with van der Waals surface area (Å²) in [5, 5.41) is 11.6. The number of rotatable bonds is 11. The van der Waals surface area contributed by atoms with Gasteiger partial charge in [-0.25, -0.2) is 9.67 Å². The highest BCUT2D eigenvalue weighted by Gasteiger charge is 2.22. The SMILES string of the molecule is CCCCCCCC(C)CNC(=NC)NC1CCc2nc(COC)nn2C1.I. The molecular formula is C20H39IN6O. The number of unbranched alkanes of at least 4 members (excludes halogenated alkanes) is 4. The monoisotopic (exact) mass is 506 g/mol. The molecule has 2 unspecified atom stereocenters. The molecule has 2 atom stereocenters. The van der Waals surface area contributed by atoms with E-state index < -0.39 is 0 Å². The number of halogens is 1. The first-order valence-corrected chi connectivity index (χ1v) is 10.5. The number of aromatic nitrogens is 3. The van der Waals surface area contributed by atoms with Crippen molar-refractivity contribution in [2.45, 2.75) is 84.4 Å². The normalized spacial score (nSPS) is 17.6. The standard InChI is InChI=1S/C20H38N6O.HI/c1-5-6-7-8-9-10-16(2)13-22-20(21-3)23-17-11-12-19-24-18(15-27-4)25-26(19)14-17;/h16-17H,5-15H2,1-4H3,(H2,21,22,23);1H. The van der Waals surface area contributed by atoms with Gasteiger partial charge < -0.3 is 15.4 Å². The van der Waals surface area contributed by atoms with Crippen LogP contribution in [0.3, 0.4) is 0 Å². The molecule has 0 saturated heterocycles. The van der Waals surface area contributed by atoms with Gasteiger partial charge in [-0.15, -0.1) is 24.0 Å². The summed E-state index contributed by atoms with van der Waals surface area (Å²) in [6.45, 7) is 6.84. The van der Waals surface area contributed by atoms with E-state index in [9.17, 15) is 0 Å². The highest BCUT2D eigenvalue weighted by molar-refractivity contribution is 14.0. The van der Waals surface area contributed by atoms with Crippen LogP contribution in [0.15, 0.2) is 4.99 Å². The average molecular weight is 506 g/mol. The van der Waals surface area contributed by atoms with E-state index in [1.807, 2.05) is 11.7 Å². The molecule has 0 fully saturated rings. The molecule has 2 heterocycles. The van der Waals surface area contributed by atoms with Crippen molar-refractivity contribution >= 4 is 29.9 Å². The van der Waals surface area contributed by atoms with Crippen LogP contribution in [0.4, 0.5) is 0 Å². The summed E-state index contributed by atoms with van der Waals surface area (Å²) in [6.07, 6.45) is 9.99. The highest BCUT2D eigenvalue weighted by Crippen LogP contribution is 2.14. The van der Waals surface area contributed by atoms with E-state index in [2.05, 4.69) is 39.6 Å². The van der Waals surface area contributed by atoms with Gasteiger partial charge in [0.25, 0.3) is 0 Å². The minimum Gasteiger partial charge on any atom is -0.377 e. The summed E-state index contributed by atoms with van der Waals surface area (Å²) in [4.78, 5) is 8.93. The van der Waals surface area contributed by atoms with Crippen molar-refractivity contribution in [1.29, 1.82) is 0 Å². The van der Waals surface area contributed by atoms with Gasteiger partial charge in [-0.2, -0.15) is 5.10 Å². The molecular weight excluding hydrogens is 467 g/mol. The van der Waals surface area contributed by atoms with Crippen molar-refractivity contribution < 1.29 is 4.74 Å². The lowest BCUT2D eigenvalue weighted by molar-refractivity contribution is 0.177. The Kier molecular flexibility index (Phi) is 12.7. The van der Waals surface area contributed by atoms with Crippen molar-refractivity contribution in [2.24, 2.45) is 10.9 Å². The molecule has 0 saturated carbocycles. The van der Waals surface area contributed by atoms with E-state index >= 15 is 0 Å². The number of aryl methyl sites for hydroxylation is 1. The van der Waals surface area contributed by atoms with Crippen LogP contribution in [0, 0.1) is 5.92 Å². The van der Waals surface area contributed by atoms with Gasteiger partial charge in [-0.3, -0.25) is 4.99 Å². The number of hydrogen-bond donors (Lipinski definition) is 2. The Hall–Kier alpha value is -0.900. The summed E-state index contributed by atoms with van der Waals surface area (Å²) < 4.78 is 7.13. The van der Waals surface area contributed by atoms with Gasteiger partial charge in [-0.1, -0.05) is 46.0 Å². The molecule has 1 aliphatic rings. The second kappa shape index (κ2) is 14.1.